The molecule has 0 aliphatic carbocycles. The predicted molar refractivity (Wildman–Crippen MR) is 115 cm³/mol. The lowest BCUT2D eigenvalue weighted by atomic mass is 9.86. The smallest absolute Gasteiger partial charge is 0.390 e. The topological polar surface area (TPSA) is 96.9 Å². The zero-order valence-electron chi connectivity index (χ0n) is 16.8. The van der Waals surface area contributed by atoms with Gasteiger partial charge in [-0.2, -0.15) is 13.2 Å². The van der Waals surface area contributed by atoms with Crippen LogP contribution < -0.4 is 11.1 Å². The summed E-state index contributed by atoms with van der Waals surface area (Å²) in [6.45, 7) is 1.62. The number of nitrogens with one attached hydrogen (secondary N) is 1. The fraction of sp³-hybridized carbons (Fsp3) is 0.333. The molecule has 32 heavy (non-hydrogen) atoms. The van der Waals surface area contributed by atoms with E-state index < -0.39 is 30.2 Å². The van der Waals surface area contributed by atoms with Crippen molar-refractivity contribution < 1.29 is 27.9 Å². The van der Waals surface area contributed by atoms with Gasteiger partial charge in [0.15, 0.2) is 0 Å². The van der Waals surface area contributed by atoms with E-state index in [4.69, 9.17) is 33.8 Å². The second-order valence-electron chi connectivity index (χ2n) is 7.42. The van der Waals surface area contributed by atoms with Crippen LogP contribution in [0.15, 0.2) is 41.6 Å². The summed E-state index contributed by atoms with van der Waals surface area (Å²) < 4.78 is 42.3. The zero-order valence-corrected chi connectivity index (χ0v) is 18.4. The van der Waals surface area contributed by atoms with E-state index in [1.54, 1.807) is 13.0 Å². The van der Waals surface area contributed by atoms with Gasteiger partial charge in [-0.1, -0.05) is 34.4 Å². The van der Waals surface area contributed by atoms with Crippen molar-refractivity contribution >= 4 is 34.8 Å². The quantitative estimate of drug-likeness (QED) is 0.572. The van der Waals surface area contributed by atoms with Crippen LogP contribution in [-0.4, -0.2) is 42.1 Å². The number of amides is 1. The van der Waals surface area contributed by atoms with E-state index in [0.29, 0.717) is 16.7 Å². The number of aryl methyl sites for hydroxylation is 1. The Bertz CT molecular complexity index is 1040. The molecule has 0 saturated heterocycles. The van der Waals surface area contributed by atoms with Crippen molar-refractivity contribution in [2.24, 2.45) is 10.9 Å². The van der Waals surface area contributed by atoms with Crippen molar-refractivity contribution in [2.45, 2.75) is 31.2 Å². The van der Waals surface area contributed by atoms with Gasteiger partial charge in [-0.05, 0) is 48.4 Å². The summed E-state index contributed by atoms with van der Waals surface area (Å²) in [4.78, 5) is 17.3. The highest BCUT2D eigenvalue weighted by atomic mass is 35.5. The van der Waals surface area contributed by atoms with Crippen molar-refractivity contribution in [3.8, 4) is 0 Å². The minimum atomic E-state index is -4.80. The molecule has 6 nitrogen and oxygen atoms in total. The lowest BCUT2D eigenvalue weighted by Gasteiger charge is -2.29. The third kappa shape index (κ3) is 4.85. The van der Waals surface area contributed by atoms with Crippen molar-refractivity contribution in [2.75, 3.05) is 13.1 Å². The number of benzene rings is 2. The van der Waals surface area contributed by atoms with E-state index >= 15 is 0 Å². The minimum absolute atomic E-state index is 0.00316. The Morgan fingerprint density at radius 1 is 1.28 bits per heavy atom. The molecule has 0 radical (unpaired) electrons. The molecular formula is C21H20Cl2F3N3O3. The summed E-state index contributed by atoms with van der Waals surface area (Å²) in [6.07, 6.45) is -6.27. The van der Waals surface area contributed by atoms with Gasteiger partial charge in [0.25, 0.3) is 11.5 Å². The summed E-state index contributed by atoms with van der Waals surface area (Å²) in [6, 6.07) is 8.13. The molecule has 0 fully saturated rings. The van der Waals surface area contributed by atoms with E-state index in [2.05, 4.69) is 10.5 Å². The van der Waals surface area contributed by atoms with E-state index in [1.165, 1.54) is 18.2 Å². The van der Waals surface area contributed by atoms with Crippen molar-refractivity contribution in [3.05, 3.63) is 68.7 Å². The number of hydrogen-bond acceptors (Lipinski definition) is 5. The van der Waals surface area contributed by atoms with Crippen LogP contribution in [0.5, 0.6) is 0 Å². The summed E-state index contributed by atoms with van der Waals surface area (Å²) in [5.41, 5.74) is 3.57. The highest BCUT2D eigenvalue weighted by Gasteiger charge is 2.62. The maximum atomic E-state index is 14.1. The second-order valence-corrected chi connectivity index (χ2v) is 8.29. The number of rotatable bonds is 6. The number of aliphatic hydroxyl groups is 1. The molecule has 1 aliphatic heterocycles. The molecule has 172 valence electrons. The number of carbonyl (C=O) groups excluding carboxylic acids is 1. The van der Waals surface area contributed by atoms with Crippen molar-refractivity contribution in [1.82, 2.24) is 5.32 Å². The second kappa shape index (κ2) is 9.27. The summed E-state index contributed by atoms with van der Waals surface area (Å²) in [5.74, 6) is -0.440. The normalized spacial score (nSPS) is 19.3. The van der Waals surface area contributed by atoms with E-state index in [9.17, 15) is 23.1 Å². The maximum absolute atomic E-state index is 14.1. The number of carbonyl (C=O) groups is 1. The lowest BCUT2D eigenvalue weighted by molar-refractivity contribution is -0.275. The standard InChI is InChI=1S/C21H20Cl2F3N3O3/c1-11-4-12(2-3-17(11)19(31)28-10-16(30)9-27)18-8-20(32-29-18,21(24,25)26)13-5-14(22)7-15(23)6-13/h2-7,16,30H,8-10,27H2,1H3,(H,28,31). The number of alkyl halides is 3. The number of hydrogen-bond donors (Lipinski definition) is 3. The third-order valence-electron chi connectivity index (χ3n) is 5.09. The van der Waals surface area contributed by atoms with Gasteiger partial charge in [0.05, 0.1) is 11.8 Å². The first kappa shape index (κ1) is 24.3. The Morgan fingerprint density at radius 2 is 1.94 bits per heavy atom. The monoisotopic (exact) mass is 489 g/mol. The molecule has 1 aliphatic rings. The molecule has 11 heteroatoms. The maximum Gasteiger partial charge on any atom is 0.435 e. The van der Waals surface area contributed by atoms with Gasteiger partial charge in [0.1, 0.15) is 0 Å². The van der Waals surface area contributed by atoms with Crippen molar-refractivity contribution in [3.63, 3.8) is 0 Å². The molecule has 1 amide bonds. The van der Waals surface area contributed by atoms with Gasteiger partial charge < -0.3 is 21.0 Å². The van der Waals surface area contributed by atoms with Gasteiger partial charge >= 0.3 is 6.18 Å². The SMILES string of the molecule is Cc1cc(C2=NOC(c3cc(Cl)cc(Cl)c3)(C(F)(F)F)C2)ccc1C(=O)NCC(O)CN. The fourth-order valence-corrected chi connectivity index (χ4v) is 3.86. The first-order valence-corrected chi connectivity index (χ1v) is 10.3. The zero-order chi connectivity index (χ0) is 23.7. The average Bonchev–Trinajstić information content (AvgIpc) is 3.18. The van der Waals surface area contributed by atoms with Crippen LogP contribution in [0.25, 0.3) is 0 Å². The number of halogens is 5. The summed E-state index contributed by atoms with van der Waals surface area (Å²) in [5, 5.41) is 15.8. The van der Waals surface area contributed by atoms with Crippen LogP contribution in [-0.2, 0) is 10.4 Å². The van der Waals surface area contributed by atoms with Crippen molar-refractivity contribution in [1.29, 1.82) is 0 Å². The first-order chi connectivity index (χ1) is 15.0. The molecular weight excluding hydrogens is 470 g/mol. The van der Waals surface area contributed by atoms with Gasteiger partial charge in [-0.25, -0.2) is 0 Å². The summed E-state index contributed by atoms with van der Waals surface area (Å²) in [7, 11) is 0. The molecule has 2 aromatic carbocycles. The Hall–Kier alpha value is -2.33. The molecule has 2 aromatic rings. The highest BCUT2D eigenvalue weighted by molar-refractivity contribution is 6.34. The van der Waals surface area contributed by atoms with Crippen LogP contribution in [0.2, 0.25) is 10.0 Å². The van der Waals surface area contributed by atoms with Gasteiger partial charge in [0.2, 0.25) is 0 Å². The molecule has 1 heterocycles. The Labute approximate surface area is 192 Å². The van der Waals surface area contributed by atoms with E-state index in [-0.39, 0.29) is 34.4 Å². The molecule has 2 unspecified atom stereocenters. The molecule has 3 rings (SSSR count). The molecule has 2 atom stereocenters. The number of nitrogens with two attached hydrogens (primary N) is 1. The molecule has 0 saturated carbocycles. The van der Waals surface area contributed by atoms with Gasteiger partial charge in [-0.15, -0.1) is 0 Å². The van der Waals surface area contributed by atoms with Crippen LogP contribution in [0.3, 0.4) is 0 Å². The largest absolute Gasteiger partial charge is 0.435 e. The van der Waals surface area contributed by atoms with E-state index in [0.717, 1.165) is 12.1 Å². The highest BCUT2D eigenvalue weighted by Crippen LogP contribution is 2.49. The number of aliphatic hydroxyl groups excluding tert-OH is 1. The Morgan fingerprint density at radius 3 is 2.50 bits per heavy atom. The minimum Gasteiger partial charge on any atom is -0.390 e. The number of nitrogens with zero attached hydrogens (tertiary/aromatic N) is 1. The molecule has 0 aromatic heterocycles. The van der Waals surface area contributed by atoms with Gasteiger partial charge in [0, 0.05) is 40.7 Å². The molecule has 4 N–H and O–H groups in total. The summed E-state index contributed by atoms with van der Waals surface area (Å²) >= 11 is 11.8. The van der Waals surface area contributed by atoms with Crippen LogP contribution in [0.4, 0.5) is 13.2 Å². The van der Waals surface area contributed by atoms with Gasteiger partial charge in [-0.3, -0.25) is 4.79 Å². The fourth-order valence-electron chi connectivity index (χ4n) is 3.33. The third-order valence-corrected chi connectivity index (χ3v) is 5.53. The first-order valence-electron chi connectivity index (χ1n) is 9.52. The number of oxime groups is 1. The van der Waals surface area contributed by atoms with E-state index in [1.807, 2.05) is 0 Å². The Balaban J connectivity index is 1.87. The van der Waals surface area contributed by atoms with Crippen LogP contribution in [0, 0.1) is 6.92 Å². The molecule has 0 bridgehead atoms. The van der Waals surface area contributed by atoms with Crippen LogP contribution >= 0.6 is 23.2 Å². The predicted octanol–water partition coefficient (Wildman–Crippen LogP) is 3.93. The Kier molecular flexibility index (Phi) is 7.04. The average molecular weight is 490 g/mol. The van der Waals surface area contributed by atoms with Crippen LogP contribution in [0.1, 0.15) is 33.5 Å². The molecule has 0 spiro atoms. The lowest BCUT2D eigenvalue weighted by Crippen LogP contribution is -2.42.